The van der Waals surface area contributed by atoms with Crippen LogP contribution in [0, 0.1) is 11.3 Å². The van der Waals surface area contributed by atoms with Gasteiger partial charge in [-0.1, -0.05) is 0 Å². The first kappa shape index (κ1) is 14.8. The van der Waals surface area contributed by atoms with E-state index in [-0.39, 0.29) is 0 Å². The van der Waals surface area contributed by atoms with Gasteiger partial charge in [0.15, 0.2) is 5.69 Å². The zero-order chi connectivity index (χ0) is 14.8. The number of hydrogen-bond acceptors (Lipinski definition) is 3. The number of nitrogens with zero attached hydrogens (tertiary/aromatic N) is 2. The van der Waals surface area contributed by atoms with Gasteiger partial charge in [0.1, 0.15) is 6.07 Å². The molecule has 0 radical (unpaired) electrons. The number of carboxylic acids is 1. The van der Waals surface area contributed by atoms with E-state index in [9.17, 15) is 26.7 Å². The minimum atomic E-state index is -5.15. The predicted octanol–water partition coefficient (Wildman–Crippen LogP) is 2.54. The Balaban J connectivity index is 3.67. The second-order valence-electron chi connectivity index (χ2n) is 3.40. The number of nitriles is 1. The first-order valence-corrected chi connectivity index (χ1v) is 4.67. The number of alkyl halides is 5. The summed E-state index contributed by atoms with van der Waals surface area (Å²) in [5.74, 6) is -1.72. The fourth-order valence-corrected chi connectivity index (χ4v) is 1.48. The molecule has 0 spiro atoms. The molecule has 0 bridgehead atoms. The first-order valence-electron chi connectivity index (χ1n) is 4.67. The molecule has 1 rings (SSSR count). The van der Waals surface area contributed by atoms with E-state index in [1.807, 2.05) is 0 Å². The number of aromatic nitrogens is 1. The van der Waals surface area contributed by atoms with E-state index in [1.165, 1.54) is 0 Å². The van der Waals surface area contributed by atoms with Crippen molar-refractivity contribution < 1.29 is 31.9 Å². The maximum Gasteiger partial charge on any atom is 0.419 e. The van der Waals surface area contributed by atoms with E-state index in [0.29, 0.717) is 6.20 Å². The second-order valence-corrected chi connectivity index (χ2v) is 3.40. The molecule has 0 fully saturated rings. The highest BCUT2D eigenvalue weighted by atomic mass is 19.4. The van der Waals surface area contributed by atoms with E-state index < -0.39 is 47.4 Å². The minimum absolute atomic E-state index is 0.386. The van der Waals surface area contributed by atoms with Crippen LogP contribution in [0.1, 0.15) is 28.8 Å². The van der Waals surface area contributed by atoms with Gasteiger partial charge in [0.2, 0.25) is 0 Å². The van der Waals surface area contributed by atoms with Gasteiger partial charge >= 0.3 is 12.1 Å². The highest BCUT2D eigenvalue weighted by Crippen LogP contribution is 2.37. The highest BCUT2D eigenvalue weighted by Gasteiger charge is 2.39. The molecule has 0 saturated heterocycles. The molecule has 9 heteroatoms. The van der Waals surface area contributed by atoms with Gasteiger partial charge in [-0.25, -0.2) is 13.8 Å². The van der Waals surface area contributed by atoms with Gasteiger partial charge in [-0.05, 0) is 5.56 Å². The molecule has 0 unspecified atom stereocenters. The van der Waals surface area contributed by atoms with Gasteiger partial charge in [-0.15, -0.1) is 0 Å². The minimum Gasteiger partial charge on any atom is -0.481 e. The van der Waals surface area contributed by atoms with Gasteiger partial charge in [0.05, 0.1) is 12.0 Å². The second kappa shape index (κ2) is 5.17. The van der Waals surface area contributed by atoms with Crippen LogP contribution < -0.4 is 0 Å². The van der Waals surface area contributed by atoms with E-state index in [2.05, 4.69) is 4.98 Å². The number of rotatable bonds is 3. The van der Waals surface area contributed by atoms with Crippen molar-refractivity contribution in [2.75, 3.05) is 0 Å². The van der Waals surface area contributed by atoms with Gasteiger partial charge in [-0.3, -0.25) is 4.79 Å². The van der Waals surface area contributed by atoms with Crippen LogP contribution in [0.2, 0.25) is 0 Å². The van der Waals surface area contributed by atoms with Crippen molar-refractivity contribution in [1.82, 2.24) is 4.98 Å². The molecule has 0 aliphatic rings. The molecule has 0 aromatic carbocycles. The Labute approximate surface area is 103 Å². The number of pyridine rings is 1. The molecule has 0 aliphatic carbocycles. The normalized spacial score (nSPS) is 11.4. The summed E-state index contributed by atoms with van der Waals surface area (Å²) in [7, 11) is 0. The van der Waals surface area contributed by atoms with Crippen molar-refractivity contribution >= 4 is 5.97 Å². The summed E-state index contributed by atoms with van der Waals surface area (Å²) >= 11 is 0. The molecular weight excluding hydrogens is 275 g/mol. The summed E-state index contributed by atoms with van der Waals surface area (Å²) in [6.07, 6.45) is -9.35. The van der Waals surface area contributed by atoms with Gasteiger partial charge in [0, 0.05) is 11.8 Å². The molecule has 1 heterocycles. The summed E-state index contributed by atoms with van der Waals surface area (Å²) in [6.45, 7) is 0. The SMILES string of the molecule is N#Cc1ncc(C(F)F)c(CC(=O)O)c1C(F)(F)F. The van der Waals surface area contributed by atoms with E-state index in [4.69, 9.17) is 10.4 Å². The average Bonchev–Trinajstić information content (AvgIpc) is 2.25. The van der Waals surface area contributed by atoms with Crippen molar-refractivity contribution in [2.45, 2.75) is 19.0 Å². The third kappa shape index (κ3) is 3.15. The van der Waals surface area contributed by atoms with Crippen molar-refractivity contribution in [2.24, 2.45) is 0 Å². The molecule has 19 heavy (non-hydrogen) atoms. The molecule has 0 aliphatic heterocycles. The first-order chi connectivity index (χ1) is 8.68. The topological polar surface area (TPSA) is 74.0 Å². The van der Waals surface area contributed by atoms with Crippen LogP contribution >= 0.6 is 0 Å². The number of halogens is 5. The Morgan fingerprint density at radius 3 is 2.42 bits per heavy atom. The Morgan fingerprint density at radius 1 is 1.47 bits per heavy atom. The van der Waals surface area contributed by atoms with Crippen LogP contribution in [0.3, 0.4) is 0 Å². The third-order valence-electron chi connectivity index (χ3n) is 2.17. The summed E-state index contributed by atoms with van der Waals surface area (Å²) < 4.78 is 63.5. The summed E-state index contributed by atoms with van der Waals surface area (Å²) in [5, 5.41) is 17.0. The molecule has 0 saturated carbocycles. The van der Waals surface area contributed by atoms with Crippen LogP contribution in [0.4, 0.5) is 22.0 Å². The molecule has 1 aromatic rings. The lowest BCUT2D eigenvalue weighted by Gasteiger charge is -2.16. The summed E-state index contributed by atoms with van der Waals surface area (Å²) in [6, 6.07) is 1.11. The van der Waals surface area contributed by atoms with Gasteiger partial charge < -0.3 is 5.11 Å². The number of carbonyl (C=O) groups is 1. The number of hydrogen-bond donors (Lipinski definition) is 1. The van der Waals surface area contributed by atoms with Crippen molar-refractivity contribution in [3.8, 4) is 6.07 Å². The zero-order valence-electron chi connectivity index (χ0n) is 9.00. The van der Waals surface area contributed by atoms with Crippen molar-refractivity contribution in [1.29, 1.82) is 5.26 Å². The summed E-state index contributed by atoms with van der Waals surface area (Å²) in [4.78, 5) is 13.5. The third-order valence-corrected chi connectivity index (χ3v) is 2.17. The Bertz CT molecular complexity index is 548. The average molecular weight is 280 g/mol. The van der Waals surface area contributed by atoms with Crippen LogP contribution in [0.25, 0.3) is 0 Å². The van der Waals surface area contributed by atoms with Gasteiger partial charge in [-0.2, -0.15) is 18.4 Å². The fraction of sp³-hybridized carbons (Fsp3) is 0.300. The van der Waals surface area contributed by atoms with Crippen LogP contribution in [0.15, 0.2) is 6.20 Å². The van der Waals surface area contributed by atoms with E-state index in [0.717, 1.165) is 6.07 Å². The van der Waals surface area contributed by atoms with Crippen molar-refractivity contribution in [3.63, 3.8) is 0 Å². The van der Waals surface area contributed by atoms with Crippen LogP contribution in [-0.2, 0) is 17.4 Å². The van der Waals surface area contributed by atoms with Gasteiger partial charge in [0.25, 0.3) is 6.43 Å². The van der Waals surface area contributed by atoms with Crippen LogP contribution in [-0.4, -0.2) is 16.1 Å². The zero-order valence-corrected chi connectivity index (χ0v) is 9.00. The maximum absolute atomic E-state index is 12.8. The molecule has 1 N–H and O–H groups in total. The smallest absolute Gasteiger partial charge is 0.419 e. The van der Waals surface area contributed by atoms with Crippen LogP contribution in [0.5, 0.6) is 0 Å². The lowest BCUT2D eigenvalue weighted by atomic mass is 9.98. The Morgan fingerprint density at radius 2 is 2.05 bits per heavy atom. The monoisotopic (exact) mass is 280 g/mol. The molecule has 1 aromatic heterocycles. The largest absolute Gasteiger partial charge is 0.481 e. The Kier molecular flexibility index (Phi) is 4.04. The molecule has 0 amide bonds. The Hall–Kier alpha value is -2.24. The number of carboxylic acid groups (broad SMARTS) is 1. The highest BCUT2D eigenvalue weighted by molar-refractivity contribution is 5.72. The molecule has 102 valence electrons. The number of aliphatic carboxylic acids is 1. The lowest BCUT2D eigenvalue weighted by Crippen LogP contribution is -2.18. The lowest BCUT2D eigenvalue weighted by molar-refractivity contribution is -0.140. The molecule has 4 nitrogen and oxygen atoms in total. The van der Waals surface area contributed by atoms with E-state index in [1.54, 1.807) is 0 Å². The van der Waals surface area contributed by atoms with E-state index >= 15 is 0 Å². The fourth-order valence-electron chi connectivity index (χ4n) is 1.48. The van der Waals surface area contributed by atoms with Crippen molar-refractivity contribution in [3.05, 3.63) is 28.6 Å². The molecule has 0 atom stereocenters. The predicted molar refractivity (Wildman–Crippen MR) is 50.3 cm³/mol. The maximum atomic E-state index is 12.8. The quantitative estimate of drug-likeness (QED) is 0.863. The standard InChI is InChI=1S/C10H5F5N2O2/c11-9(12)5-3-17-6(2-16)8(10(13,14)15)4(5)1-7(18)19/h3,9H,1H2,(H,18,19). The molecular formula is C10H5F5N2O2. The summed E-state index contributed by atoms with van der Waals surface area (Å²) in [5.41, 5.74) is -5.14.